The van der Waals surface area contributed by atoms with Gasteiger partial charge in [-0.15, -0.1) is 11.3 Å². The van der Waals surface area contributed by atoms with Crippen molar-refractivity contribution in [3.63, 3.8) is 0 Å². The standard InChI is InChI=1S/C8H10N2OS/c1-11-8-6(3-5-12-8)7(10)2-4-9/h3,5,7H,2,10H2,1H3. The third-order valence-corrected chi connectivity index (χ3v) is 2.44. The minimum atomic E-state index is -0.226. The van der Waals surface area contributed by atoms with E-state index in [0.717, 1.165) is 10.6 Å². The lowest BCUT2D eigenvalue weighted by Crippen LogP contribution is -2.08. The second kappa shape index (κ2) is 4.10. The van der Waals surface area contributed by atoms with Gasteiger partial charge in [-0.25, -0.2) is 0 Å². The molecular formula is C8H10N2OS. The molecule has 0 saturated carbocycles. The molecule has 1 unspecified atom stereocenters. The number of ether oxygens (including phenoxy) is 1. The largest absolute Gasteiger partial charge is 0.487 e. The van der Waals surface area contributed by atoms with E-state index in [1.54, 1.807) is 7.11 Å². The molecule has 3 nitrogen and oxygen atoms in total. The van der Waals surface area contributed by atoms with Crippen LogP contribution < -0.4 is 10.5 Å². The van der Waals surface area contributed by atoms with Gasteiger partial charge in [0.25, 0.3) is 0 Å². The Morgan fingerprint density at radius 1 is 1.83 bits per heavy atom. The SMILES string of the molecule is COc1sccc1C(N)CC#N. The highest BCUT2D eigenvalue weighted by molar-refractivity contribution is 7.12. The molecule has 1 atom stereocenters. The molecule has 0 amide bonds. The summed E-state index contributed by atoms with van der Waals surface area (Å²) in [6.45, 7) is 0. The summed E-state index contributed by atoms with van der Waals surface area (Å²) in [6, 6.07) is 3.70. The van der Waals surface area contributed by atoms with E-state index in [0.29, 0.717) is 6.42 Å². The van der Waals surface area contributed by atoms with Crippen LogP contribution in [0.15, 0.2) is 11.4 Å². The molecule has 1 aromatic rings. The summed E-state index contributed by atoms with van der Waals surface area (Å²) in [4.78, 5) is 0. The van der Waals surface area contributed by atoms with Gasteiger partial charge in [-0.2, -0.15) is 5.26 Å². The summed E-state index contributed by atoms with van der Waals surface area (Å²) >= 11 is 1.49. The predicted molar refractivity (Wildman–Crippen MR) is 48.0 cm³/mol. The highest BCUT2D eigenvalue weighted by Crippen LogP contribution is 2.30. The smallest absolute Gasteiger partial charge is 0.178 e. The number of hydrogen-bond acceptors (Lipinski definition) is 4. The maximum atomic E-state index is 8.43. The Balaban J connectivity index is 2.80. The molecule has 0 radical (unpaired) electrons. The van der Waals surface area contributed by atoms with Crippen molar-refractivity contribution in [1.82, 2.24) is 0 Å². The first-order chi connectivity index (χ1) is 5.79. The van der Waals surface area contributed by atoms with E-state index in [9.17, 15) is 0 Å². The van der Waals surface area contributed by atoms with Crippen LogP contribution in [0.25, 0.3) is 0 Å². The number of hydrogen-bond donors (Lipinski definition) is 1. The van der Waals surface area contributed by atoms with Crippen molar-refractivity contribution in [1.29, 1.82) is 5.26 Å². The molecule has 0 saturated heterocycles. The number of methoxy groups -OCH3 is 1. The lowest BCUT2D eigenvalue weighted by molar-refractivity contribution is 0.419. The van der Waals surface area contributed by atoms with Crippen molar-refractivity contribution >= 4 is 11.3 Å². The van der Waals surface area contributed by atoms with Crippen molar-refractivity contribution in [3.8, 4) is 11.1 Å². The van der Waals surface area contributed by atoms with Gasteiger partial charge in [0.2, 0.25) is 0 Å². The van der Waals surface area contributed by atoms with Gasteiger partial charge in [0.05, 0.1) is 19.6 Å². The van der Waals surface area contributed by atoms with Gasteiger partial charge in [0, 0.05) is 11.6 Å². The molecule has 0 spiro atoms. The molecule has 1 aromatic heterocycles. The average Bonchev–Trinajstić information content (AvgIpc) is 2.51. The summed E-state index contributed by atoms with van der Waals surface area (Å²) in [5, 5.41) is 11.1. The predicted octanol–water partition coefficient (Wildman–Crippen LogP) is 1.67. The fraction of sp³-hybridized carbons (Fsp3) is 0.375. The lowest BCUT2D eigenvalue weighted by atomic mass is 10.1. The van der Waals surface area contributed by atoms with Crippen molar-refractivity contribution in [2.45, 2.75) is 12.5 Å². The minimum Gasteiger partial charge on any atom is -0.487 e. The fourth-order valence-corrected chi connectivity index (χ4v) is 1.74. The zero-order valence-corrected chi connectivity index (χ0v) is 7.60. The summed E-state index contributed by atoms with van der Waals surface area (Å²) in [6.07, 6.45) is 0.326. The Kier molecular flexibility index (Phi) is 3.09. The Labute approximate surface area is 75.4 Å². The third kappa shape index (κ3) is 1.76. The molecule has 0 aliphatic rings. The van der Waals surface area contributed by atoms with E-state index in [4.69, 9.17) is 15.7 Å². The molecule has 0 aromatic carbocycles. The molecule has 12 heavy (non-hydrogen) atoms. The molecule has 1 rings (SSSR count). The van der Waals surface area contributed by atoms with Gasteiger partial charge in [-0.1, -0.05) is 0 Å². The minimum absolute atomic E-state index is 0.226. The fourth-order valence-electron chi connectivity index (χ4n) is 0.954. The number of rotatable bonds is 3. The van der Waals surface area contributed by atoms with Crippen molar-refractivity contribution in [2.75, 3.05) is 7.11 Å². The Morgan fingerprint density at radius 2 is 2.58 bits per heavy atom. The second-order valence-corrected chi connectivity index (χ2v) is 3.21. The van der Waals surface area contributed by atoms with E-state index < -0.39 is 0 Å². The summed E-state index contributed by atoms with van der Waals surface area (Å²) < 4.78 is 5.08. The van der Waals surface area contributed by atoms with Gasteiger partial charge in [-0.3, -0.25) is 0 Å². The van der Waals surface area contributed by atoms with Gasteiger partial charge >= 0.3 is 0 Å². The van der Waals surface area contributed by atoms with Crippen molar-refractivity contribution in [2.24, 2.45) is 5.73 Å². The van der Waals surface area contributed by atoms with E-state index in [-0.39, 0.29) is 6.04 Å². The van der Waals surface area contributed by atoms with Crippen LogP contribution in [-0.4, -0.2) is 7.11 Å². The van der Waals surface area contributed by atoms with Crippen LogP contribution in [0.1, 0.15) is 18.0 Å². The lowest BCUT2D eigenvalue weighted by Gasteiger charge is -2.06. The molecule has 64 valence electrons. The highest BCUT2D eigenvalue weighted by Gasteiger charge is 2.11. The first-order valence-corrected chi connectivity index (χ1v) is 4.41. The first kappa shape index (κ1) is 9.04. The van der Waals surface area contributed by atoms with E-state index >= 15 is 0 Å². The zero-order valence-electron chi connectivity index (χ0n) is 6.78. The van der Waals surface area contributed by atoms with Gasteiger partial charge < -0.3 is 10.5 Å². The van der Waals surface area contributed by atoms with Crippen LogP contribution in [0.4, 0.5) is 0 Å². The van der Waals surface area contributed by atoms with Crippen LogP contribution in [0.2, 0.25) is 0 Å². The quantitative estimate of drug-likeness (QED) is 0.773. The topological polar surface area (TPSA) is 59.0 Å². The van der Waals surface area contributed by atoms with Gasteiger partial charge in [0.15, 0.2) is 5.06 Å². The van der Waals surface area contributed by atoms with Crippen LogP contribution in [-0.2, 0) is 0 Å². The van der Waals surface area contributed by atoms with Crippen molar-refractivity contribution < 1.29 is 4.74 Å². The molecule has 0 bridgehead atoms. The molecule has 0 aliphatic carbocycles. The van der Waals surface area contributed by atoms with E-state index in [1.165, 1.54) is 11.3 Å². The Bertz CT molecular complexity index is 289. The monoisotopic (exact) mass is 182 g/mol. The number of nitrogens with zero attached hydrogens (tertiary/aromatic N) is 1. The molecule has 2 N–H and O–H groups in total. The Morgan fingerprint density at radius 3 is 3.17 bits per heavy atom. The van der Waals surface area contributed by atoms with E-state index in [1.807, 2.05) is 17.5 Å². The van der Waals surface area contributed by atoms with Crippen molar-refractivity contribution in [3.05, 3.63) is 17.0 Å². The zero-order chi connectivity index (χ0) is 8.97. The highest BCUT2D eigenvalue weighted by atomic mass is 32.1. The van der Waals surface area contributed by atoms with Crippen LogP contribution in [0, 0.1) is 11.3 Å². The van der Waals surface area contributed by atoms with Crippen LogP contribution in [0.3, 0.4) is 0 Å². The second-order valence-electron chi connectivity index (χ2n) is 2.34. The maximum Gasteiger partial charge on any atom is 0.178 e. The van der Waals surface area contributed by atoms with E-state index in [2.05, 4.69) is 0 Å². The molecule has 1 heterocycles. The number of thiophene rings is 1. The molecular weight excluding hydrogens is 172 g/mol. The molecule has 4 heteroatoms. The van der Waals surface area contributed by atoms with Gasteiger partial charge in [-0.05, 0) is 11.4 Å². The van der Waals surface area contributed by atoms with Crippen LogP contribution >= 0.6 is 11.3 Å². The Hall–Kier alpha value is -1.05. The maximum absolute atomic E-state index is 8.43. The molecule has 0 fully saturated rings. The number of nitriles is 1. The summed E-state index contributed by atoms with van der Waals surface area (Å²) in [5.41, 5.74) is 6.65. The average molecular weight is 182 g/mol. The summed E-state index contributed by atoms with van der Waals surface area (Å²) in [7, 11) is 1.61. The third-order valence-electron chi connectivity index (χ3n) is 1.55. The normalized spacial score (nSPS) is 12.1. The van der Waals surface area contributed by atoms with Gasteiger partial charge in [0.1, 0.15) is 0 Å². The van der Waals surface area contributed by atoms with Crippen LogP contribution in [0.5, 0.6) is 5.06 Å². The number of nitrogens with two attached hydrogens (primary N) is 1. The molecule has 0 aliphatic heterocycles. The first-order valence-electron chi connectivity index (χ1n) is 3.53. The summed E-state index contributed by atoms with van der Waals surface area (Å²) in [5.74, 6) is 0.